The first-order chi connectivity index (χ1) is 18.7. The van der Waals surface area contributed by atoms with Crippen LogP contribution >= 0.6 is 0 Å². The van der Waals surface area contributed by atoms with Gasteiger partial charge in [0.2, 0.25) is 0 Å². The number of rotatable bonds is 5. The van der Waals surface area contributed by atoms with Crippen molar-refractivity contribution in [3.05, 3.63) is 59.7 Å². The van der Waals surface area contributed by atoms with Crippen LogP contribution in [0.1, 0.15) is 20.7 Å². The van der Waals surface area contributed by atoms with Gasteiger partial charge < -0.3 is 37.9 Å². The van der Waals surface area contributed by atoms with Crippen LogP contribution in [-0.4, -0.2) is 104 Å². The fourth-order valence-corrected chi connectivity index (χ4v) is 3.66. The van der Waals surface area contributed by atoms with Crippen LogP contribution in [0.25, 0.3) is 11.1 Å². The van der Waals surface area contributed by atoms with Crippen LogP contribution < -0.4 is 0 Å². The second-order valence-corrected chi connectivity index (χ2v) is 8.20. The van der Waals surface area contributed by atoms with Crippen LogP contribution in [0, 0.1) is 0 Å². The SMILES string of the molecule is COC(=O)c1ccccc1-c1ccccc1C(=O)OCC1COCCOCCOCCOCCOCCO1. The molecule has 1 heterocycles. The van der Waals surface area contributed by atoms with E-state index in [9.17, 15) is 9.59 Å². The molecule has 0 amide bonds. The Balaban J connectivity index is 1.61. The highest BCUT2D eigenvalue weighted by Crippen LogP contribution is 2.28. The summed E-state index contributed by atoms with van der Waals surface area (Å²) in [5.41, 5.74) is 1.82. The highest BCUT2D eigenvalue weighted by atomic mass is 16.6. The number of carbonyl (C=O) groups excluding carboxylic acids is 2. The standard InChI is InChI=1S/C28H36O10/c1-31-27(29)25-8-4-2-6-23(25)24-7-3-5-9-26(24)28(30)38-21-22-20-36-17-16-34-13-12-32-10-11-33-14-15-35-18-19-37-22/h2-9,22H,10-21H2,1H3. The summed E-state index contributed by atoms with van der Waals surface area (Å²) in [6.07, 6.45) is -0.504. The van der Waals surface area contributed by atoms with Gasteiger partial charge in [0.05, 0.1) is 90.9 Å². The normalized spacial score (nSPS) is 19.0. The Kier molecular flexibility index (Phi) is 13.8. The van der Waals surface area contributed by atoms with Gasteiger partial charge >= 0.3 is 11.9 Å². The highest BCUT2D eigenvalue weighted by molar-refractivity contribution is 6.03. The van der Waals surface area contributed by atoms with E-state index in [0.29, 0.717) is 88.3 Å². The van der Waals surface area contributed by atoms with Gasteiger partial charge in [-0.1, -0.05) is 36.4 Å². The molecular formula is C28H36O10. The topological polar surface area (TPSA) is 108 Å². The molecule has 0 bridgehead atoms. The quantitative estimate of drug-likeness (QED) is 0.534. The fourth-order valence-electron chi connectivity index (χ4n) is 3.66. The Morgan fingerprint density at radius 1 is 0.658 bits per heavy atom. The summed E-state index contributed by atoms with van der Waals surface area (Å²) >= 11 is 0. The van der Waals surface area contributed by atoms with Crippen LogP contribution in [0.4, 0.5) is 0 Å². The smallest absolute Gasteiger partial charge is 0.338 e. The lowest BCUT2D eigenvalue weighted by Gasteiger charge is -2.19. The van der Waals surface area contributed by atoms with Crippen molar-refractivity contribution in [2.45, 2.75) is 6.10 Å². The molecule has 2 aromatic carbocycles. The molecule has 0 spiro atoms. The van der Waals surface area contributed by atoms with E-state index in [1.165, 1.54) is 7.11 Å². The number of ether oxygens (including phenoxy) is 8. The minimum absolute atomic E-state index is 0.0242. The van der Waals surface area contributed by atoms with Gasteiger partial charge in [-0.05, 0) is 23.3 Å². The van der Waals surface area contributed by atoms with Gasteiger partial charge in [0.15, 0.2) is 0 Å². The van der Waals surface area contributed by atoms with E-state index in [2.05, 4.69) is 0 Å². The lowest BCUT2D eigenvalue weighted by Crippen LogP contribution is -2.29. The van der Waals surface area contributed by atoms with Crippen LogP contribution in [-0.2, 0) is 37.9 Å². The number of hydrogen-bond donors (Lipinski definition) is 0. The fraction of sp³-hybridized carbons (Fsp3) is 0.500. The summed E-state index contributed by atoms with van der Waals surface area (Å²) in [5, 5.41) is 0. The third-order valence-corrected chi connectivity index (χ3v) is 5.54. The minimum Gasteiger partial charge on any atom is -0.465 e. The average molecular weight is 533 g/mol. The van der Waals surface area contributed by atoms with Crippen molar-refractivity contribution in [3.8, 4) is 11.1 Å². The molecule has 1 aliphatic heterocycles. The lowest BCUT2D eigenvalue weighted by atomic mass is 9.95. The van der Waals surface area contributed by atoms with E-state index in [1.54, 1.807) is 48.5 Å². The zero-order valence-corrected chi connectivity index (χ0v) is 21.8. The number of esters is 2. The Hall–Kier alpha value is -2.86. The highest BCUT2D eigenvalue weighted by Gasteiger charge is 2.21. The first-order valence-electron chi connectivity index (χ1n) is 12.6. The van der Waals surface area contributed by atoms with Crippen molar-refractivity contribution >= 4 is 11.9 Å². The second-order valence-electron chi connectivity index (χ2n) is 8.20. The summed E-state index contributed by atoms with van der Waals surface area (Å²) in [4.78, 5) is 25.4. The van der Waals surface area contributed by atoms with E-state index >= 15 is 0 Å². The van der Waals surface area contributed by atoms with Crippen molar-refractivity contribution < 1.29 is 47.5 Å². The molecule has 0 radical (unpaired) electrons. The predicted octanol–water partition coefficient (Wildman–Crippen LogP) is 2.78. The number of hydrogen-bond acceptors (Lipinski definition) is 10. The Bertz CT molecular complexity index is 962. The molecule has 2 aromatic rings. The second kappa shape index (κ2) is 17.6. The summed E-state index contributed by atoms with van der Waals surface area (Å²) in [6, 6.07) is 13.9. The molecule has 1 fully saturated rings. The first kappa shape index (κ1) is 29.7. The van der Waals surface area contributed by atoms with Gasteiger partial charge in [-0.2, -0.15) is 0 Å². The Labute approximate surface area is 223 Å². The third-order valence-electron chi connectivity index (χ3n) is 5.54. The van der Waals surface area contributed by atoms with Crippen LogP contribution in [0.3, 0.4) is 0 Å². The largest absolute Gasteiger partial charge is 0.465 e. The van der Waals surface area contributed by atoms with Gasteiger partial charge in [-0.25, -0.2) is 9.59 Å². The minimum atomic E-state index is -0.542. The molecule has 0 saturated carbocycles. The van der Waals surface area contributed by atoms with Gasteiger partial charge in [0.1, 0.15) is 12.7 Å². The van der Waals surface area contributed by atoms with Crippen molar-refractivity contribution in [2.24, 2.45) is 0 Å². The van der Waals surface area contributed by atoms with E-state index < -0.39 is 18.0 Å². The van der Waals surface area contributed by atoms with Crippen LogP contribution in [0.5, 0.6) is 0 Å². The van der Waals surface area contributed by atoms with Crippen molar-refractivity contribution in [1.82, 2.24) is 0 Å². The average Bonchev–Trinajstić information content (AvgIpc) is 2.96. The van der Waals surface area contributed by atoms with E-state index in [-0.39, 0.29) is 13.2 Å². The zero-order valence-electron chi connectivity index (χ0n) is 21.8. The summed E-state index contributed by atoms with van der Waals surface area (Å²) in [5.74, 6) is -1.03. The van der Waals surface area contributed by atoms with Crippen molar-refractivity contribution in [2.75, 3.05) is 86.4 Å². The number of benzene rings is 2. The molecule has 10 heteroatoms. The molecule has 3 rings (SSSR count). The molecule has 0 aliphatic carbocycles. The van der Waals surface area contributed by atoms with Gasteiger partial charge in [-0.15, -0.1) is 0 Å². The monoisotopic (exact) mass is 532 g/mol. The van der Waals surface area contributed by atoms with Crippen LogP contribution in [0.15, 0.2) is 48.5 Å². The molecule has 10 nitrogen and oxygen atoms in total. The Morgan fingerprint density at radius 3 is 1.63 bits per heavy atom. The molecule has 1 atom stereocenters. The van der Waals surface area contributed by atoms with E-state index in [1.807, 2.05) is 0 Å². The van der Waals surface area contributed by atoms with E-state index in [4.69, 9.17) is 37.9 Å². The predicted molar refractivity (Wildman–Crippen MR) is 137 cm³/mol. The summed E-state index contributed by atoms with van der Waals surface area (Å²) in [7, 11) is 1.32. The molecule has 0 aromatic heterocycles. The molecule has 0 N–H and O–H groups in total. The maximum Gasteiger partial charge on any atom is 0.338 e. The molecule has 1 aliphatic rings. The van der Waals surface area contributed by atoms with Crippen molar-refractivity contribution in [1.29, 1.82) is 0 Å². The van der Waals surface area contributed by atoms with Gasteiger partial charge in [-0.3, -0.25) is 0 Å². The zero-order chi connectivity index (χ0) is 26.8. The summed E-state index contributed by atoms with van der Waals surface area (Å²) in [6.45, 7) is 4.45. The lowest BCUT2D eigenvalue weighted by molar-refractivity contribution is -0.0772. The number of carbonyl (C=O) groups is 2. The Morgan fingerprint density at radius 2 is 1.11 bits per heavy atom. The maximum atomic E-state index is 13.1. The van der Waals surface area contributed by atoms with Gasteiger partial charge in [0, 0.05) is 0 Å². The molecule has 1 unspecified atom stereocenters. The molecule has 38 heavy (non-hydrogen) atoms. The van der Waals surface area contributed by atoms with Gasteiger partial charge in [0.25, 0.3) is 0 Å². The molecule has 1 saturated heterocycles. The van der Waals surface area contributed by atoms with E-state index in [0.717, 1.165) is 0 Å². The maximum absolute atomic E-state index is 13.1. The third kappa shape index (κ3) is 10.1. The van der Waals surface area contributed by atoms with Crippen LogP contribution in [0.2, 0.25) is 0 Å². The molecule has 208 valence electrons. The summed E-state index contributed by atoms with van der Waals surface area (Å²) < 4.78 is 44.0. The van der Waals surface area contributed by atoms with Crippen molar-refractivity contribution in [3.63, 3.8) is 0 Å². The first-order valence-corrected chi connectivity index (χ1v) is 12.6. The number of methoxy groups -OCH3 is 1. The molecular weight excluding hydrogens is 496 g/mol.